The minimum atomic E-state index is -0.470. The lowest BCUT2D eigenvalue weighted by molar-refractivity contribution is -0.385. The third-order valence-corrected chi connectivity index (χ3v) is 4.79. The first-order valence-corrected chi connectivity index (χ1v) is 9.89. The third-order valence-electron chi connectivity index (χ3n) is 4.79. The number of hydrogen-bond acceptors (Lipinski definition) is 5. The van der Waals surface area contributed by atoms with Crippen LogP contribution in [0.3, 0.4) is 0 Å². The summed E-state index contributed by atoms with van der Waals surface area (Å²) in [6, 6.07) is 17.4. The summed E-state index contributed by atoms with van der Waals surface area (Å²) in [5.41, 5.74) is 3.01. The number of amides is 1. The van der Waals surface area contributed by atoms with Gasteiger partial charge >= 0.3 is 0 Å². The first-order valence-electron chi connectivity index (χ1n) is 9.89. The van der Waals surface area contributed by atoms with Gasteiger partial charge in [-0.1, -0.05) is 23.8 Å². The molecule has 1 amide bonds. The summed E-state index contributed by atoms with van der Waals surface area (Å²) in [5, 5.41) is 13.9. The third kappa shape index (κ3) is 5.39. The number of anilines is 1. The highest BCUT2D eigenvalue weighted by Gasteiger charge is 2.17. The largest absolute Gasteiger partial charge is 0.493 e. The van der Waals surface area contributed by atoms with Crippen molar-refractivity contribution in [2.75, 3.05) is 11.9 Å². The zero-order valence-electron chi connectivity index (χ0n) is 17.7. The summed E-state index contributed by atoms with van der Waals surface area (Å²) in [6.45, 7) is 6.20. The van der Waals surface area contributed by atoms with Crippen LogP contribution in [0.4, 0.5) is 11.4 Å². The van der Waals surface area contributed by atoms with Crippen LogP contribution in [0.25, 0.3) is 0 Å². The summed E-state index contributed by atoms with van der Waals surface area (Å²) >= 11 is 0. The molecule has 0 aliphatic heterocycles. The Balaban J connectivity index is 1.82. The molecular formula is C24H24N2O5. The van der Waals surface area contributed by atoms with E-state index < -0.39 is 4.92 Å². The monoisotopic (exact) mass is 420 g/mol. The number of nitrogens with zero attached hydrogens (tertiary/aromatic N) is 1. The van der Waals surface area contributed by atoms with Crippen molar-refractivity contribution in [1.82, 2.24) is 0 Å². The summed E-state index contributed by atoms with van der Waals surface area (Å²) in [5.74, 6) is 0.982. The van der Waals surface area contributed by atoms with Gasteiger partial charge in [-0.3, -0.25) is 14.9 Å². The number of nitrogens with one attached hydrogen (secondary N) is 1. The Bertz CT molecular complexity index is 1090. The molecule has 7 heteroatoms. The van der Waals surface area contributed by atoms with E-state index in [-0.39, 0.29) is 18.2 Å². The average Bonchev–Trinajstić information content (AvgIpc) is 2.75. The summed E-state index contributed by atoms with van der Waals surface area (Å²) in [6.07, 6.45) is 0. The van der Waals surface area contributed by atoms with Crippen molar-refractivity contribution < 1.29 is 19.2 Å². The van der Waals surface area contributed by atoms with Crippen molar-refractivity contribution in [1.29, 1.82) is 0 Å². The molecule has 0 saturated carbocycles. The Morgan fingerprint density at radius 2 is 1.77 bits per heavy atom. The lowest BCUT2D eigenvalue weighted by Crippen LogP contribution is -2.14. The highest BCUT2D eigenvalue weighted by Crippen LogP contribution is 2.27. The lowest BCUT2D eigenvalue weighted by atomic mass is 10.1. The quantitative estimate of drug-likeness (QED) is 0.387. The van der Waals surface area contributed by atoms with E-state index in [2.05, 4.69) is 5.32 Å². The van der Waals surface area contributed by atoms with Gasteiger partial charge in [-0.05, 0) is 57.2 Å². The predicted molar refractivity (Wildman–Crippen MR) is 119 cm³/mol. The van der Waals surface area contributed by atoms with E-state index in [1.165, 1.54) is 6.07 Å². The number of ether oxygens (including phenoxy) is 2. The molecule has 7 nitrogen and oxygen atoms in total. The van der Waals surface area contributed by atoms with Crippen molar-refractivity contribution >= 4 is 17.3 Å². The fourth-order valence-corrected chi connectivity index (χ4v) is 3.08. The number of carbonyl (C=O) groups excluding carboxylic acids is 1. The first kappa shape index (κ1) is 21.8. The average molecular weight is 420 g/mol. The molecule has 0 aromatic heterocycles. The molecule has 0 spiro atoms. The molecule has 0 aliphatic carbocycles. The van der Waals surface area contributed by atoms with Crippen LogP contribution in [0, 0.1) is 24.0 Å². The maximum absolute atomic E-state index is 12.8. The molecule has 0 heterocycles. The van der Waals surface area contributed by atoms with Crippen LogP contribution in [-0.4, -0.2) is 17.4 Å². The molecule has 31 heavy (non-hydrogen) atoms. The number of carbonyl (C=O) groups is 1. The van der Waals surface area contributed by atoms with Gasteiger partial charge in [0.1, 0.15) is 18.1 Å². The second-order valence-corrected chi connectivity index (χ2v) is 7.02. The minimum Gasteiger partial charge on any atom is -0.493 e. The van der Waals surface area contributed by atoms with Crippen LogP contribution in [0.5, 0.6) is 11.5 Å². The fraction of sp³-hybridized carbons (Fsp3) is 0.208. The normalized spacial score (nSPS) is 10.4. The molecule has 3 aromatic rings. The molecule has 0 bridgehead atoms. The number of rotatable bonds is 8. The van der Waals surface area contributed by atoms with Gasteiger partial charge in [0.05, 0.1) is 22.8 Å². The lowest BCUT2D eigenvalue weighted by Gasteiger charge is -2.14. The van der Waals surface area contributed by atoms with Crippen molar-refractivity contribution in [3.8, 4) is 11.5 Å². The highest BCUT2D eigenvalue weighted by atomic mass is 16.6. The minimum absolute atomic E-state index is 0.0447. The van der Waals surface area contributed by atoms with Gasteiger partial charge in [-0.15, -0.1) is 0 Å². The van der Waals surface area contributed by atoms with Crippen LogP contribution in [0.15, 0.2) is 60.7 Å². The SMILES string of the molecule is CCOc1ccc(C(=O)Nc2cccc([N+](=O)[O-])c2C)cc1COc1ccc(C)cc1. The van der Waals surface area contributed by atoms with Crippen LogP contribution in [-0.2, 0) is 6.61 Å². The summed E-state index contributed by atoms with van der Waals surface area (Å²) in [4.78, 5) is 23.5. The van der Waals surface area contributed by atoms with Crippen LogP contribution in [0.1, 0.15) is 34.0 Å². The van der Waals surface area contributed by atoms with Crippen LogP contribution in [0.2, 0.25) is 0 Å². The first-order chi connectivity index (χ1) is 14.9. The number of hydrogen-bond donors (Lipinski definition) is 1. The van der Waals surface area contributed by atoms with Gasteiger partial charge in [0.15, 0.2) is 0 Å². The van der Waals surface area contributed by atoms with Crippen LogP contribution >= 0.6 is 0 Å². The van der Waals surface area contributed by atoms with Gasteiger partial charge in [0, 0.05) is 17.2 Å². The van der Waals surface area contributed by atoms with Crippen LogP contribution < -0.4 is 14.8 Å². The molecule has 0 aliphatic rings. The Labute approximate surface area is 180 Å². The Morgan fingerprint density at radius 1 is 1.03 bits per heavy atom. The van der Waals surface area contributed by atoms with E-state index >= 15 is 0 Å². The molecule has 160 valence electrons. The standard InChI is InChI=1S/C24H24N2O5/c1-4-30-23-13-10-18(14-19(23)15-31-20-11-8-16(2)9-12-20)24(27)25-21-6-5-7-22(17(21)3)26(28)29/h5-14H,4,15H2,1-3H3,(H,25,27). The topological polar surface area (TPSA) is 90.7 Å². The summed E-state index contributed by atoms with van der Waals surface area (Å²) < 4.78 is 11.5. The highest BCUT2D eigenvalue weighted by molar-refractivity contribution is 6.05. The van der Waals surface area contributed by atoms with E-state index in [1.807, 2.05) is 38.1 Å². The van der Waals surface area contributed by atoms with E-state index in [0.29, 0.717) is 29.2 Å². The number of aryl methyl sites for hydroxylation is 1. The molecule has 0 saturated heterocycles. The van der Waals surface area contributed by atoms with Crippen molar-refractivity contribution in [2.24, 2.45) is 0 Å². The molecular weight excluding hydrogens is 396 g/mol. The number of nitro groups is 1. The fourth-order valence-electron chi connectivity index (χ4n) is 3.08. The zero-order valence-corrected chi connectivity index (χ0v) is 17.7. The molecule has 0 atom stereocenters. The Kier molecular flexibility index (Phi) is 6.87. The molecule has 1 N–H and O–H groups in total. The van der Waals surface area contributed by atoms with Crippen molar-refractivity contribution in [2.45, 2.75) is 27.4 Å². The molecule has 3 rings (SSSR count). The van der Waals surface area contributed by atoms with Gasteiger partial charge in [0.25, 0.3) is 11.6 Å². The zero-order chi connectivity index (χ0) is 22.4. The van der Waals surface area contributed by atoms with E-state index in [9.17, 15) is 14.9 Å². The van der Waals surface area contributed by atoms with Crippen molar-refractivity contribution in [3.63, 3.8) is 0 Å². The molecule has 3 aromatic carbocycles. The van der Waals surface area contributed by atoms with E-state index in [1.54, 1.807) is 37.3 Å². The molecule has 0 fully saturated rings. The molecule has 0 unspecified atom stereocenters. The smallest absolute Gasteiger partial charge is 0.274 e. The number of nitro benzene ring substituents is 1. The molecule has 0 radical (unpaired) electrons. The van der Waals surface area contributed by atoms with Crippen molar-refractivity contribution in [3.05, 3.63) is 93.0 Å². The van der Waals surface area contributed by atoms with Gasteiger partial charge in [0.2, 0.25) is 0 Å². The van der Waals surface area contributed by atoms with E-state index in [0.717, 1.165) is 16.9 Å². The van der Waals surface area contributed by atoms with Gasteiger partial charge < -0.3 is 14.8 Å². The maximum atomic E-state index is 12.8. The van der Waals surface area contributed by atoms with Gasteiger partial charge in [-0.2, -0.15) is 0 Å². The van der Waals surface area contributed by atoms with Gasteiger partial charge in [-0.25, -0.2) is 0 Å². The second kappa shape index (κ2) is 9.75. The maximum Gasteiger partial charge on any atom is 0.274 e. The Morgan fingerprint density at radius 3 is 2.45 bits per heavy atom. The van der Waals surface area contributed by atoms with E-state index in [4.69, 9.17) is 9.47 Å². The number of benzene rings is 3. The predicted octanol–water partition coefficient (Wildman–Crippen LogP) is 5.44. The second-order valence-electron chi connectivity index (χ2n) is 7.02. The Hall–Kier alpha value is -3.87. The summed E-state index contributed by atoms with van der Waals surface area (Å²) in [7, 11) is 0.